The molecule has 0 saturated carbocycles. The van der Waals surface area contributed by atoms with Crippen molar-refractivity contribution >= 4 is 35.8 Å². The van der Waals surface area contributed by atoms with Gasteiger partial charge in [-0.15, -0.1) is 24.0 Å². The lowest BCUT2D eigenvalue weighted by Crippen LogP contribution is -2.45. The average Bonchev–Trinajstić information content (AvgIpc) is 3.21. The van der Waals surface area contributed by atoms with E-state index in [1.807, 2.05) is 23.1 Å². The van der Waals surface area contributed by atoms with Crippen molar-refractivity contribution in [1.82, 2.24) is 15.6 Å². The molecular weight excluding hydrogens is 500 g/mol. The van der Waals surface area contributed by atoms with Gasteiger partial charge in [-0.25, -0.2) is 9.37 Å². The van der Waals surface area contributed by atoms with E-state index in [0.29, 0.717) is 12.4 Å². The predicted molar refractivity (Wildman–Crippen MR) is 128 cm³/mol. The summed E-state index contributed by atoms with van der Waals surface area (Å²) in [5.41, 5.74) is 1.14. The van der Waals surface area contributed by atoms with E-state index < -0.39 is 0 Å². The summed E-state index contributed by atoms with van der Waals surface area (Å²) in [7, 11) is 5.01. The summed E-state index contributed by atoms with van der Waals surface area (Å²) in [5, 5.41) is 6.75. The van der Waals surface area contributed by atoms with Gasteiger partial charge in [0.05, 0.1) is 14.2 Å². The molecule has 9 heteroatoms. The summed E-state index contributed by atoms with van der Waals surface area (Å²) in [6, 6.07) is 9.14. The Kier molecular flexibility index (Phi) is 9.41. The highest BCUT2D eigenvalue weighted by Gasteiger charge is 2.25. The third-order valence-corrected chi connectivity index (χ3v) is 4.95. The van der Waals surface area contributed by atoms with Crippen LogP contribution in [0.15, 0.2) is 41.5 Å². The maximum absolute atomic E-state index is 13.9. The number of nitrogens with one attached hydrogen (secondary N) is 2. The molecule has 164 valence electrons. The number of aliphatic imine (C=N–C) groups is 1. The van der Waals surface area contributed by atoms with Gasteiger partial charge in [-0.05, 0) is 42.7 Å². The Hall–Kier alpha value is -2.30. The first-order valence-corrected chi connectivity index (χ1v) is 9.68. The number of hydrogen-bond acceptors (Lipinski definition) is 5. The molecule has 1 aliphatic rings. The molecule has 0 bridgehead atoms. The van der Waals surface area contributed by atoms with Crippen LogP contribution in [-0.4, -0.2) is 57.9 Å². The molecule has 3 rings (SSSR count). The van der Waals surface area contributed by atoms with Gasteiger partial charge in [0.1, 0.15) is 0 Å². The first-order chi connectivity index (χ1) is 14.1. The average molecular weight is 529 g/mol. The fourth-order valence-electron chi connectivity index (χ4n) is 3.43. The lowest BCUT2D eigenvalue weighted by molar-refractivity contribution is 0.354. The van der Waals surface area contributed by atoms with Crippen LogP contribution < -0.4 is 25.0 Å². The van der Waals surface area contributed by atoms with Gasteiger partial charge in [0.25, 0.3) is 0 Å². The first-order valence-electron chi connectivity index (χ1n) is 9.68. The molecule has 30 heavy (non-hydrogen) atoms. The highest BCUT2D eigenvalue weighted by atomic mass is 127. The van der Waals surface area contributed by atoms with Crippen LogP contribution in [0.3, 0.4) is 0 Å². The molecule has 1 saturated heterocycles. The minimum atomic E-state index is -0.287. The number of guanidine groups is 1. The highest BCUT2D eigenvalue weighted by molar-refractivity contribution is 14.0. The van der Waals surface area contributed by atoms with Crippen molar-refractivity contribution in [3.05, 3.63) is 47.9 Å². The third-order valence-electron chi connectivity index (χ3n) is 4.95. The van der Waals surface area contributed by atoms with E-state index in [2.05, 4.69) is 20.6 Å². The molecule has 1 fully saturated rings. The van der Waals surface area contributed by atoms with Gasteiger partial charge in [-0.1, -0.05) is 6.07 Å². The molecule has 1 aliphatic heterocycles. The van der Waals surface area contributed by atoms with Crippen LogP contribution in [-0.2, 0) is 6.42 Å². The van der Waals surface area contributed by atoms with Gasteiger partial charge < -0.3 is 25.0 Å². The Labute approximate surface area is 194 Å². The van der Waals surface area contributed by atoms with Crippen molar-refractivity contribution in [2.24, 2.45) is 4.99 Å². The highest BCUT2D eigenvalue weighted by Crippen LogP contribution is 2.27. The van der Waals surface area contributed by atoms with Gasteiger partial charge in [0.2, 0.25) is 0 Å². The first kappa shape index (κ1) is 24.0. The van der Waals surface area contributed by atoms with E-state index in [4.69, 9.17) is 9.47 Å². The summed E-state index contributed by atoms with van der Waals surface area (Å²) in [4.78, 5) is 10.4. The van der Waals surface area contributed by atoms with E-state index in [-0.39, 0.29) is 35.8 Å². The van der Waals surface area contributed by atoms with Crippen molar-refractivity contribution in [1.29, 1.82) is 0 Å². The number of ether oxygens (including phenoxy) is 2. The molecule has 1 unspecified atom stereocenters. The Morgan fingerprint density at radius 3 is 2.77 bits per heavy atom. The zero-order valence-corrected chi connectivity index (χ0v) is 19.9. The van der Waals surface area contributed by atoms with E-state index >= 15 is 0 Å². The van der Waals surface area contributed by atoms with E-state index in [1.165, 1.54) is 6.07 Å². The zero-order valence-electron chi connectivity index (χ0n) is 17.5. The number of benzene rings is 1. The van der Waals surface area contributed by atoms with Crippen LogP contribution in [0, 0.1) is 5.82 Å². The van der Waals surface area contributed by atoms with E-state index in [9.17, 15) is 4.39 Å². The number of anilines is 1. The molecule has 2 heterocycles. The van der Waals surface area contributed by atoms with Crippen LogP contribution in [0.5, 0.6) is 11.5 Å². The summed E-state index contributed by atoms with van der Waals surface area (Å²) >= 11 is 0. The van der Waals surface area contributed by atoms with Gasteiger partial charge in [0.15, 0.2) is 29.1 Å². The van der Waals surface area contributed by atoms with Crippen molar-refractivity contribution in [3.63, 3.8) is 0 Å². The number of hydrogen-bond donors (Lipinski definition) is 2. The monoisotopic (exact) mass is 529 g/mol. The molecule has 1 aromatic heterocycles. The fourth-order valence-corrected chi connectivity index (χ4v) is 3.43. The fraction of sp³-hybridized carbons (Fsp3) is 0.429. The molecule has 0 amide bonds. The number of pyridine rings is 1. The van der Waals surface area contributed by atoms with Crippen LogP contribution in [0.4, 0.5) is 10.2 Å². The number of nitrogens with zero attached hydrogens (tertiary/aromatic N) is 3. The van der Waals surface area contributed by atoms with Crippen molar-refractivity contribution in [2.45, 2.75) is 18.9 Å². The largest absolute Gasteiger partial charge is 0.493 e. The Balaban J connectivity index is 0.00000320. The number of halogens is 2. The van der Waals surface area contributed by atoms with Gasteiger partial charge in [0, 0.05) is 38.9 Å². The molecule has 0 aliphatic carbocycles. The van der Waals surface area contributed by atoms with Crippen LogP contribution in [0.1, 0.15) is 12.0 Å². The Morgan fingerprint density at radius 1 is 1.27 bits per heavy atom. The Bertz CT molecular complexity index is 852. The topological polar surface area (TPSA) is 71.0 Å². The molecule has 2 N–H and O–H groups in total. The van der Waals surface area contributed by atoms with Gasteiger partial charge in [-0.3, -0.25) is 4.99 Å². The minimum Gasteiger partial charge on any atom is -0.493 e. The minimum absolute atomic E-state index is 0. The number of rotatable bonds is 7. The van der Waals surface area contributed by atoms with Crippen molar-refractivity contribution < 1.29 is 13.9 Å². The second-order valence-corrected chi connectivity index (χ2v) is 6.82. The van der Waals surface area contributed by atoms with Gasteiger partial charge >= 0.3 is 0 Å². The SMILES string of the molecule is CN=C(NCCc1ccc(OC)c(OC)c1)NC1CCN(c2ncccc2F)C1.I. The summed E-state index contributed by atoms with van der Waals surface area (Å²) in [6.45, 7) is 2.17. The van der Waals surface area contributed by atoms with Crippen LogP contribution in [0.25, 0.3) is 0 Å². The van der Waals surface area contributed by atoms with Crippen LogP contribution in [0.2, 0.25) is 0 Å². The van der Waals surface area contributed by atoms with Crippen LogP contribution >= 0.6 is 24.0 Å². The maximum atomic E-state index is 13.9. The molecule has 7 nitrogen and oxygen atoms in total. The Morgan fingerprint density at radius 2 is 2.07 bits per heavy atom. The second-order valence-electron chi connectivity index (χ2n) is 6.82. The predicted octanol–water partition coefficient (Wildman–Crippen LogP) is 2.84. The molecule has 2 aromatic rings. The number of aromatic nitrogens is 1. The molecular formula is C21H29FIN5O2. The maximum Gasteiger partial charge on any atom is 0.191 e. The smallest absolute Gasteiger partial charge is 0.191 e. The van der Waals surface area contributed by atoms with Crippen molar-refractivity contribution in [3.8, 4) is 11.5 Å². The van der Waals surface area contributed by atoms with Gasteiger partial charge in [-0.2, -0.15) is 0 Å². The van der Waals surface area contributed by atoms with E-state index in [0.717, 1.165) is 49.0 Å². The third kappa shape index (κ3) is 6.10. The molecule has 0 spiro atoms. The lowest BCUT2D eigenvalue weighted by Gasteiger charge is -2.20. The quantitative estimate of drug-likeness (QED) is 0.327. The summed E-state index contributed by atoms with van der Waals surface area (Å²) in [5.74, 6) is 2.30. The lowest BCUT2D eigenvalue weighted by atomic mass is 10.1. The summed E-state index contributed by atoms with van der Waals surface area (Å²) in [6.07, 6.45) is 3.33. The number of methoxy groups -OCH3 is 2. The molecule has 1 atom stereocenters. The normalized spacial score (nSPS) is 16.1. The molecule has 0 radical (unpaired) electrons. The van der Waals surface area contributed by atoms with E-state index in [1.54, 1.807) is 33.5 Å². The van der Waals surface area contributed by atoms with Crippen molar-refractivity contribution in [2.75, 3.05) is 45.8 Å². The molecule has 1 aromatic carbocycles. The standard InChI is InChI=1S/C21H28FN5O2.HI/c1-23-21(25-11-8-15-6-7-18(28-2)19(13-15)29-3)26-16-9-12-27(14-16)20-17(22)5-4-10-24-20;/h4-7,10,13,16H,8-9,11-12,14H2,1-3H3,(H2,23,25,26);1H. The summed E-state index contributed by atoms with van der Waals surface area (Å²) < 4.78 is 24.6. The zero-order chi connectivity index (χ0) is 20.6. The second kappa shape index (κ2) is 11.8.